The minimum atomic E-state index is -0.851. The summed E-state index contributed by atoms with van der Waals surface area (Å²) >= 11 is 0. The summed E-state index contributed by atoms with van der Waals surface area (Å²) in [5.74, 6) is -1.16. The number of hydrogen-bond donors (Lipinski definition) is 1. The number of nitrogens with one attached hydrogen (secondary N) is 1. The Kier molecular flexibility index (Phi) is 4.63. The molecule has 0 radical (unpaired) electrons. The molecular formula is C20H15F2N5O2. The Morgan fingerprint density at radius 3 is 2.52 bits per heavy atom. The van der Waals surface area contributed by atoms with Crippen LogP contribution in [0.5, 0.6) is 0 Å². The monoisotopic (exact) mass is 395 g/mol. The molecule has 0 unspecified atom stereocenters. The van der Waals surface area contributed by atoms with Crippen molar-refractivity contribution in [3.63, 3.8) is 0 Å². The average Bonchev–Trinajstić information content (AvgIpc) is 3.30. The Morgan fingerprint density at radius 2 is 1.86 bits per heavy atom. The van der Waals surface area contributed by atoms with Crippen LogP contribution in [0.25, 0.3) is 17.1 Å². The molecule has 4 rings (SSSR count). The van der Waals surface area contributed by atoms with Gasteiger partial charge in [0, 0.05) is 24.8 Å². The molecule has 0 saturated carbocycles. The second-order valence-electron chi connectivity index (χ2n) is 6.33. The van der Waals surface area contributed by atoms with Gasteiger partial charge >= 0.3 is 0 Å². The van der Waals surface area contributed by atoms with Crippen molar-refractivity contribution >= 4 is 11.6 Å². The summed E-state index contributed by atoms with van der Waals surface area (Å²) in [7, 11) is 0. The summed E-state index contributed by atoms with van der Waals surface area (Å²) in [6, 6.07) is 10.2. The molecule has 0 atom stereocenters. The maximum Gasteiger partial charge on any atom is 0.259 e. The third-order valence-electron chi connectivity index (χ3n) is 4.24. The maximum absolute atomic E-state index is 13.8. The molecule has 2 aromatic heterocycles. The van der Waals surface area contributed by atoms with E-state index in [0.29, 0.717) is 29.2 Å². The first kappa shape index (κ1) is 18.5. The van der Waals surface area contributed by atoms with Gasteiger partial charge in [0.1, 0.15) is 11.6 Å². The van der Waals surface area contributed by atoms with Crippen LogP contribution >= 0.6 is 0 Å². The molecule has 1 amide bonds. The summed E-state index contributed by atoms with van der Waals surface area (Å²) in [5, 5.41) is 10.6. The van der Waals surface area contributed by atoms with Gasteiger partial charge in [-0.25, -0.2) is 13.5 Å². The van der Waals surface area contributed by atoms with E-state index < -0.39 is 17.5 Å². The molecule has 29 heavy (non-hydrogen) atoms. The number of hydrogen-bond acceptors (Lipinski definition) is 5. The van der Waals surface area contributed by atoms with Gasteiger partial charge in [0.05, 0.1) is 22.6 Å². The fourth-order valence-corrected chi connectivity index (χ4v) is 2.78. The van der Waals surface area contributed by atoms with Gasteiger partial charge in [0.2, 0.25) is 11.7 Å². The van der Waals surface area contributed by atoms with Crippen LogP contribution in [0.2, 0.25) is 0 Å². The first-order chi connectivity index (χ1) is 13.9. The number of aryl methyl sites for hydroxylation is 2. The zero-order valence-corrected chi connectivity index (χ0v) is 15.5. The highest BCUT2D eigenvalue weighted by Gasteiger charge is 2.16. The van der Waals surface area contributed by atoms with Crippen LogP contribution in [-0.2, 0) is 0 Å². The van der Waals surface area contributed by atoms with Crippen LogP contribution in [0.15, 0.2) is 53.2 Å². The third kappa shape index (κ3) is 3.75. The van der Waals surface area contributed by atoms with Crippen molar-refractivity contribution in [3.05, 3.63) is 77.4 Å². The van der Waals surface area contributed by atoms with E-state index >= 15 is 0 Å². The SMILES string of the molecule is Cc1nc(-c2ccc(-n3cc(C(=O)Nc4ccc(F)cc4F)c(C)n3)cc2)no1. The van der Waals surface area contributed by atoms with E-state index in [9.17, 15) is 13.6 Å². The number of aromatic nitrogens is 4. The number of rotatable bonds is 4. The molecule has 0 aliphatic rings. The fraction of sp³-hybridized carbons (Fsp3) is 0.100. The van der Waals surface area contributed by atoms with Crippen LogP contribution in [-0.4, -0.2) is 25.8 Å². The van der Waals surface area contributed by atoms with Crippen molar-refractivity contribution in [1.82, 2.24) is 19.9 Å². The molecule has 0 aliphatic carbocycles. The summed E-state index contributed by atoms with van der Waals surface area (Å²) in [4.78, 5) is 16.7. The summed E-state index contributed by atoms with van der Waals surface area (Å²) in [6.45, 7) is 3.38. The minimum absolute atomic E-state index is 0.108. The highest BCUT2D eigenvalue weighted by molar-refractivity contribution is 6.05. The van der Waals surface area contributed by atoms with E-state index in [1.807, 2.05) is 12.1 Å². The van der Waals surface area contributed by atoms with E-state index in [0.717, 1.165) is 11.6 Å². The Bertz CT molecular complexity index is 1200. The zero-order valence-electron chi connectivity index (χ0n) is 15.5. The number of amides is 1. The lowest BCUT2D eigenvalue weighted by molar-refractivity contribution is 0.102. The number of anilines is 1. The van der Waals surface area contributed by atoms with Gasteiger partial charge in [-0.15, -0.1) is 0 Å². The van der Waals surface area contributed by atoms with Gasteiger partial charge in [-0.2, -0.15) is 10.1 Å². The quantitative estimate of drug-likeness (QED) is 0.563. The number of halogens is 2. The van der Waals surface area contributed by atoms with Gasteiger partial charge in [0.25, 0.3) is 5.91 Å². The largest absolute Gasteiger partial charge is 0.339 e. The molecule has 0 aliphatic heterocycles. The van der Waals surface area contributed by atoms with Gasteiger partial charge in [-0.1, -0.05) is 5.16 Å². The summed E-state index contributed by atoms with van der Waals surface area (Å²) in [6.07, 6.45) is 1.54. The second-order valence-corrected chi connectivity index (χ2v) is 6.33. The molecule has 146 valence electrons. The molecule has 2 heterocycles. The molecule has 2 aromatic carbocycles. The van der Waals surface area contributed by atoms with Crippen molar-refractivity contribution in [1.29, 1.82) is 0 Å². The first-order valence-electron chi connectivity index (χ1n) is 8.64. The highest BCUT2D eigenvalue weighted by Crippen LogP contribution is 2.20. The molecular weight excluding hydrogens is 380 g/mol. The zero-order chi connectivity index (χ0) is 20.5. The Balaban J connectivity index is 1.56. The van der Waals surface area contributed by atoms with Crippen molar-refractivity contribution in [3.8, 4) is 17.1 Å². The molecule has 0 fully saturated rings. The third-order valence-corrected chi connectivity index (χ3v) is 4.24. The van der Waals surface area contributed by atoms with Crippen LogP contribution in [0.4, 0.5) is 14.5 Å². The minimum Gasteiger partial charge on any atom is -0.339 e. The van der Waals surface area contributed by atoms with Crippen molar-refractivity contribution in [2.75, 3.05) is 5.32 Å². The molecule has 7 nitrogen and oxygen atoms in total. The topological polar surface area (TPSA) is 85.8 Å². The van der Waals surface area contributed by atoms with E-state index in [1.54, 1.807) is 32.2 Å². The maximum atomic E-state index is 13.8. The van der Waals surface area contributed by atoms with Crippen molar-refractivity contribution < 1.29 is 18.1 Å². The molecule has 1 N–H and O–H groups in total. The lowest BCUT2D eigenvalue weighted by Gasteiger charge is -2.05. The molecule has 4 aromatic rings. The van der Waals surface area contributed by atoms with Crippen LogP contribution in [0, 0.1) is 25.5 Å². The molecule has 0 bridgehead atoms. The van der Waals surface area contributed by atoms with E-state index in [4.69, 9.17) is 4.52 Å². The second kappa shape index (κ2) is 7.27. The number of nitrogens with zero attached hydrogens (tertiary/aromatic N) is 4. The van der Waals surface area contributed by atoms with Crippen molar-refractivity contribution in [2.24, 2.45) is 0 Å². The van der Waals surface area contributed by atoms with Crippen molar-refractivity contribution in [2.45, 2.75) is 13.8 Å². The standard InChI is InChI=1S/C20H15F2N5O2/c1-11-16(20(28)24-18-8-5-14(21)9-17(18)22)10-27(25-11)15-6-3-13(4-7-15)19-23-12(2)29-26-19/h3-10H,1-2H3,(H,24,28). The van der Waals surface area contributed by atoms with Gasteiger partial charge < -0.3 is 9.84 Å². The average molecular weight is 395 g/mol. The van der Waals surface area contributed by atoms with Gasteiger partial charge in [-0.3, -0.25) is 4.79 Å². The molecule has 0 saturated heterocycles. The Hall–Kier alpha value is -3.88. The Morgan fingerprint density at radius 1 is 1.10 bits per heavy atom. The normalized spacial score (nSPS) is 10.9. The molecule has 9 heteroatoms. The summed E-state index contributed by atoms with van der Waals surface area (Å²) in [5.41, 5.74) is 2.11. The van der Waals surface area contributed by atoms with Crippen LogP contribution in [0.1, 0.15) is 21.9 Å². The van der Waals surface area contributed by atoms with Crippen LogP contribution in [0.3, 0.4) is 0 Å². The number of carbonyl (C=O) groups excluding carboxylic acids is 1. The van der Waals surface area contributed by atoms with Crippen LogP contribution < -0.4 is 5.32 Å². The Labute approximate surface area is 164 Å². The highest BCUT2D eigenvalue weighted by atomic mass is 19.1. The fourth-order valence-electron chi connectivity index (χ4n) is 2.78. The first-order valence-corrected chi connectivity index (χ1v) is 8.64. The smallest absolute Gasteiger partial charge is 0.259 e. The number of benzene rings is 2. The predicted molar refractivity (Wildman–Crippen MR) is 101 cm³/mol. The van der Waals surface area contributed by atoms with Gasteiger partial charge in [-0.05, 0) is 43.3 Å². The lowest BCUT2D eigenvalue weighted by atomic mass is 10.2. The van der Waals surface area contributed by atoms with E-state index in [2.05, 4.69) is 20.6 Å². The van der Waals surface area contributed by atoms with Gasteiger partial charge in [0.15, 0.2) is 0 Å². The summed E-state index contributed by atoms with van der Waals surface area (Å²) < 4.78 is 33.3. The van der Waals surface area contributed by atoms with E-state index in [-0.39, 0.29) is 11.3 Å². The van der Waals surface area contributed by atoms with E-state index in [1.165, 1.54) is 10.7 Å². The molecule has 0 spiro atoms. The predicted octanol–water partition coefficient (Wildman–Crippen LogP) is 4.07. The lowest BCUT2D eigenvalue weighted by Crippen LogP contribution is -2.13. The number of carbonyl (C=O) groups is 1.